The van der Waals surface area contributed by atoms with Crippen LogP contribution in [0.5, 0.6) is 0 Å². The van der Waals surface area contributed by atoms with Crippen molar-refractivity contribution in [1.82, 2.24) is 15.2 Å². The summed E-state index contributed by atoms with van der Waals surface area (Å²) >= 11 is 5.80. The number of hydrogen-bond donors (Lipinski definition) is 3. The molecule has 1 aromatic carbocycles. The Morgan fingerprint density at radius 2 is 2.19 bits per heavy atom. The van der Waals surface area contributed by atoms with Gasteiger partial charge in [0.25, 0.3) is 0 Å². The lowest BCUT2D eigenvalue weighted by Crippen LogP contribution is -2.22. The first-order valence-corrected chi connectivity index (χ1v) is 8.31. The van der Waals surface area contributed by atoms with Gasteiger partial charge < -0.3 is 15.4 Å². The Bertz CT molecular complexity index is 866. The number of H-pyrrole nitrogens is 1. The molecule has 1 aromatic heterocycles. The van der Waals surface area contributed by atoms with E-state index in [4.69, 9.17) is 16.3 Å². The van der Waals surface area contributed by atoms with E-state index in [1.165, 1.54) is 0 Å². The van der Waals surface area contributed by atoms with E-state index >= 15 is 0 Å². The second-order valence-electron chi connectivity index (χ2n) is 5.66. The second-order valence-corrected chi connectivity index (χ2v) is 6.06. The van der Waals surface area contributed by atoms with E-state index in [2.05, 4.69) is 25.8 Å². The van der Waals surface area contributed by atoms with Crippen molar-refractivity contribution in [2.45, 2.75) is 12.6 Å². The zero-order chi connectivity index (χ0) is 19.4. The number of ether oxygens (including phenoxy) is 1. The molecule has 0 bridgehead atoms. The van der Waals surface area contributed by atoms with Crippen molar-refractivity contribution < 1.29 is 22.7 Å². The molecule has 0 atom stereocenters. The monoisotopic (exact) mass is 401 g/mol. The molecule has 7 nitrogen and oxygen atoms in total. The maximum atomic E-state index is 12.6. The lowest BCUT2D eigenvalue weighted by molar-refractivity contribution is -0.137. The Hall–Kier alpha value is -2.59. The number of carbonyl (C=O) groups excluding carboxylic acids is 1. The largest absolute Gasteiger partial charge is 0.416 e. The number of alkyl halides is 3. The van der Waals surface area contributed by atoms with Crippen molar-refractivity contribution in [3.63, 3.8) is 0 Å². The number of aromatic nitrogens is 3. The molecular formula is C16H15ClF3N5O2. The van der Waals surface area contributed by atoms with Crippen molar-refractivity contribution >= 4 is 34.7 Å². The smallest absolute Gasteiger partial charge is 0.377 e. The molecule has 144 valence electrons. The van der Waals surface area contributed by atoms with Crippen LogP contribution >= 0.6 is 11.6 Å². The topological polar surface area (TPSA) is 91.9 Å². The molecule has 0 unspecified atom stereocenters. The van der Waals surface area contributed by atoms with Gasteiger partial charge >= 0.3 is 6.18 Å². The Balaban J connectivity index is 1.56. The Kier molecular flexibility index (Phi) is 5.66. The van der Waals surface area contributed by atoms with Gasteiger partial charge in [-0.2, -0.15) is 18.2 Å². The van der Waals surface area contributed by atoms with Crippen molar-refractivity contribution in [3.8, 4) is 0 Å². The predicted octanol–water partition coefficient (Wildman–Crippen LogP) is 3.33. The quantitative estimate of drug-likeness (QED) is 0.714. The third-order valence-electron chi connectivity index (χ3n) is 3.73. The fraction of sp³-hybridized carbons (Fsp3) is 0.312. The standard InChI is InChI=1S/C16H15ClF3N5O2/c17-11-7-10(16(18,19)20)1-2-12(11)22-13(26)8-21-15-23-14(24-25-15)9-3-5-27-6-4-9/h1-3,7H,4-6,8H2,(H,22,26)(H2,21,23,24,25). The summed E-state index contributed by atoms with van der Waals surface area (Å²) in [5.74, 6) is 0.311. The fourth-order valence-electron chi connectivity index (χ4n) is 2.37. The summed E-state index contributed by atoms with van der Waals surface area (Å²) in [6.07, 6.45) is -1.90. The molecule has 0 saturated carbocycles. The van der Waals surface area contributed by atoms with E-state index in [0.29, 0.717) is 25.5 Å². The highest BCUT2D eigenvalue weighted by molar-refractivity contribution is 6.33. The lowest BCUT2D eigenvalue weighted by Gasteiger charge is -2.11. The van der Waals surface area contributed by atoms with Crippen LogP contribution in [0, 0.1) is 0 Å². The minimum Gasteiger partial charge on any atom is -0.377 e. The highest BCUT2D eigenvalue weighted by Gasteiger charge is 2.31. The average molecular weight is 402 g/mol. The van der Waals surface area contributed by atoms with Crippen LogP contribution in [0.15, 0.2) is 24.3 Å². The zero-order valence-electron chi connectivity index (χ0n) is 13.9. The zero-order valence-corrected chi connectivity index (χ0v) is 14.6. The molecule has 11 heteroatoms. The van der Waals surface area contributed by atoms with Crippen LogP contribution in [0.4, 0.5) is 24.8 Å². The van der Waals surface area contributed by atoms with Crippen molar-refractivity contribution in [1.29, 1.82) is 0 Å². The second kappa shape index (κ2) is 7.97. The van der Waals surface area contributed by atoms with E-state index in [-0.39, 0.29) is 23.2 Å². The highest BCUT2D eigenvalue weighted by Crippen LogP contribution is 2.33. The van der Waals surface area contributed by atoms with Crippen molar-refractivity contribution in [3.05, 3.63) is 40.7 Å². The number of carbonyl (C=O) groups is 1. The number of benzene rings is 1. The molecule has 3 N–H and O–H groups in total. The van der Waals surface area contributed by atoms with Crippen molar-refractivity contribution in [2.24, 2.45) is 0 Å². The Labute approximate surface area is 157 Å². The maximum absolute atomic E-state index is 12.6. The van der Waals surface area contributed by atoms with Gasteiger partial charge in [0, 0.05) is 0 Å². The molecule has 2 aromatic rings. The van der Waals surface area contributed by atoms with Gasteiger partial charge in [0.05, 0.1) is 36.0 Å². The summed E-state index contributed by atoms with van der Waals surface area (Å²) in [4.78, 5) is 16.2. The molecule has 0 spiro atoms. The molecule has 1 aliphatic heterocycles. The summed E-state index contributed by atoms with van der Waals surface area (Å²) in [5, 5.41) is 11.7. The molecule has 0 fully saturated rings. The van der Waals surface area contributed by atoms with E-state index in [1.54, 1.807) is 0 Å². The number of rotatable bonds is 5. The number of halogens is 4. The van der Waals surface area contributed by atoms with Crippen LogP contribution in [0.1, 0.15) is 17.8 Å². The van der Waals surface area contributed by atoms with Gasteiger partial charge in [-0.25, -0.2) is 0 Å². The number of hydrogen-bond acceptors (Lipinski definition) is 5. The summed E-state index contributed by atoms with van der Waals surface area (Å²) in [5.41, 5.74) is 0.168. The molecule has 0 radical (unpaired) electrons. The van der Waals surface area contributed by atoms with Crippen LogP contribution in [-0.2, 0) is 15.7 Å². The predicted molar refractivity (Wildman–Crippen MR) is 93.4 cm³/mol. The number of anilines is 2. The highest BCUT2D eigenvalue weighted by atomic mass is 35.5. The van der Waals surface area contributed by atoms with Crippen LogP contribution in [-0.4, -0.2) is 40.8 Å². The first-order valence-electron chi connectivity index (χ1n) is 7.93. The average Bonchev–Trinajstić information content (AvgIpc) is 3.11. The Morgan fingerprint density at radius 3 is 2.85 bits per heavy atom. The first kappa shape index (κ1) is 19.2. The molecule has 1 amide bonds. The Morgan fingerprint density at radius 1 is 1.37 bits per heavy atom. The van der Waals surface area contributed by atoms with Gasteiger partial charge in [0.15, 0.2) is 5.82 Å². The molecule has 27 heavy (non-hydrogen) atoms. The normalized spacial score (nSPS) is 14.6. The van der Waals surface area contributed by atoms with E-state index in [9.17, 15) is 18.0 Å². The summed E-state index contributed by atoms with van der Waals surface area (Å²) in [6, 6.07) is 2.71. The maximum Gasteiger partial charge on any atom is 0.416 e. The number of aromatic amines is 1. The number of amides is 1. The summed E-state index contributed by atoms with van der Waals surface area (Å²) in [7, 11) is 0. The molecule has 3 rings (SSSR count). The van der Waals surface area contributed by atoms with E-state index in [1.807, 2.05) is 6.08 Å². The lowest BCUT2D eigenvalue weighted by atomic mass is 10.1. The van der Waals surface area contributed by atoms with Gasteiger partial charge in [-0.1, -0.05) is 17.7 Å². The third kappa shape index (κ3) is 4.98. The van der Waals surface area contributed by atoms with Crippen LogP contribution < -0.4 is 10.6 Å². The van der Waals surface area contributed by atoms with Gasteiger partial charge in [-0.15, -0.1) is 5.10 Å². The van der Waals surface area contributed by atoms with Gasteiger partial charge in [0.1, 0.15) is 0 Å². The van der Waals surface area contributed by atoms with Gasteiger partial charge in [-0.05, 0) is 30.2 Å². The van der Waals surface area contributed by atoms with E-state index in [0.717, 1.165) is 23.8 Å². The molecular weight excluding hydrogens is 387 g/mol. The third-order valence-corrected chi connectivity index (χ3v) is 4.04. The van der Waals surface area contributed by atoms with Crippen LogP contribution in [0.3, 0.4) is 0 Å². The molecule has 0 aliphatic carbocycles. The fourth-order valence-corrected chi connectivity index (χ4v) is 2.60. The summed E-state index contributed by atoms with van der Waals surface area (Å²) in [6.45, 7) is 0.928. The molecule has 2 heterocycles. The van der Waals surface area contributed by atoms with Crippen LogP contribution in [0.2, 0.25) is 5.02 Å². The number of nitrogens with zero attached hydrogens (tertiary/aromatic N) is 2. The number of nitrogens with one attached hydrogen (secondary N) is 3. The first-order chi connectivity index (χ1) is 12.8. The minimum atomic E-state index is -4.50. The molecule has 0 saturated heterocycles. The summed E-state index contributed by atoms with van der Waals surface area (Å²) < 4.78 is 43.1. The van der Waals surface area contributed by atoms with Crippen LogP contribution in [0.25, 0.3) is 5.57 Å². The van der Waals surface area contributed by atoms with Crippen molar-refractivity contribution in [2.75, 3.05) is 30.4 Å². The van der Waals surface area contributed by atoms with Gasteiger partial charge in [0.2, 0.25) is 11.9 Å². The van der Waals surface area contributed by atoms with E-state index < -0.39 is 17.6 Å². The van der Waals surface area contributed by atoms with Gasteiger partial charge in [-0.3, -0.25) is 9.89 Å². The minimum absolute atomic E-state index is 0.0829. The molecule has 1 aliphatic rings. The SMILES string of the molecule is O=C(CNc1n[nH]c(C2=CCOCC2)n1)Nc1ccc(C(F)(F)F)cc1Cl.